The van der Waals surface area contributed by atoms with Gasteiger partial charge in [-0.25, -0.2) is 4.98 Å². The lowest BCUT2D eigenvalue weighted by Crippen LogP contribution is -2.50. The van der Waals surface area contributed by atoms with Crippen LogP contribution in [-0.4, -0.2) is 62.2 Å². The lowest BCUT2D eigenvalue weighted by Gasteiger charge is -2.36. The molecule has 0 unspecified atom stereocenters. The van der Waals surface area contributed by atoms with Gasteiger partial charge < -0.3 is 14.5 Å². The summed E-state index contributed by atoms with van der Waals surface area (Å²) in [6.45, 7) is 4.93. The predicted octanol–water partition coefficient (Wildman–Crippen LogP) is 2.25. The Bertz CT molecular complexity index is 757. The van der Waals surface area contributed by atoms with Gasteiger partial charge in [0, 0.05) is 50.0 Å². The molecule has 0 N–H and O–H groups in total. The SMILES string of the molecule is COc1ccc2c(c1)CCCN2C(=O)CN1CCN(c2nccs2)CC1. The van der Waals surface area contributed by atoms with E-state index in [1.807, 2.05) is 28.6 Å². The average molecular weight is 372 g/mol. The Morgan fingerprint density at radius 3 is 2.81 bits per heavy atom. The molecule has 7 heteroatoms. The molecule has 1 saturated heterocycles. The van der Waals surface area contributed by atoms with Crippen molar-refractivity contribution in [3.63, 3.8) is 0 Å². The van der Waals surface area contributed by atoms with Crippen LogP contribution in [0, 0.1) is 0 Å². The summed E-state index contributed by atoms with van der Waals surface area (Å²) in [5.74, 6) is 1.05. The number of aryl methyl sites for hydroxylation is 1. The van der Waals surface area contributed by atoms with Crippen molar-refractivity contribution < 1.29 is 9.53 Å². The fourth-order valence-electron chi connectivity index (χ4n) is 3.71. The van der Waals surface area contributed by atoms with Gasteiger partial charge in [0.1, 0.15) is 5.75 Å². The monoisotopic (exact) mass is 372 g/mol. The van der Waals surface area contributed by atoms with E-state index in [9.17, 15) is 4.79 Å². The highest BCUT2D eigenvalue weighted by atomic mass is 32.1. The number of anilines is 2. The number of fused-ring (bicyclic) bond motifs is 1. The van der Waals surface area contributed by atoms with Crippen LogP contribution in [-0.2, 0) is 11.2 Å². The zero-order valence-corrected chi connectivity index (χ0v) is 15.9. The van der Waals surface area contributed by atoms with E-state index in [4.69, 9.17) is 4.74 Å². The van der Waals surface area contributed by atoms with Gasteiger partial charge in [0.2, 0.25) is 5.91 Å². The lowest BCUT2D eigenvalue weighted by atomic mass is 10.0. The number of piperazine rings is 1. The number of hydrogen-bond donors (Lipinski definition) is 0. The van der Waals surface area contributed by atoms with E-state index in [1.165, 1.54) is 5.56 Å². The molecule has 0 atom stereocenters. The molecule has 0 aliphatic carbocycles. The molecule has 0 bridgehead atoms. The highest BCUT2D eigenvalue weighted by Gasteiger charge is 2.26. The number of carbonyl (C=O) groups excluding carboxylic acids is 1. The maximum atomic E-state index is 12.9. The van der Waals surface area contributed by atoms with Gasteiger partial charge in [-0.15, -0.1) is 11.3 Å². The molecule has 1 amide bonds. The minimum atomic E-state index is 0.193. The number of amides is 1. The first kappa shape index (κ1) is 17.3. The van der Waals surface area contributed by atoms with Gasteiger partial charge in [-0.1, -0.05) is 0 Å². The van der Waals surface area contributed by atoms with E-state index in [0.29, 0.717) is 6.54 Å². The van der Waals surface area contributed by atoms with Crippen molar-refractivity contribution in [2.75, 3.05) is 56.2 Å². The Hall–Kier alpha value is -2.12. The minimum Gasteiger partial charge on any atom is -0.497 e. The molecular formula is C19H24N4O2S. The number of ether oxygens (including phenoxy) is 1. The normalized spacial score (nSPS) is 17.9. The van der Waals surface area contributed by atoms with Crippen LogP contribution in [0.4, 0.5) is 10.8 Å². The summed E-state index contributed by atoms with van der Waals surface area (Å²) in [6, 6.07) is 6.02. The summed E-state index contributed by atoms with van der Waals surface area (Å²) in [6.07, 6.45) is 3.85. The van der Waals surface area contributed by atoms with Gasteiger partial charge in [-0.2, -0.15) is 0 Å². The molecule has 2 aliphatic rings. The van der Waals surface area contributed by atoms with E-state index in [-0.39, 0.29) is 5.91 Å². The second-order valence-corrected chi connectivity index (χ2v) is 7.59. The molecule has 4 rings (SSSR count). The van der Waals surface area contributed by atoms with E-state index in [1.54, 1.807) is 18.4 Å². The van der Waals surface area contributed by atoms with Crippen LogP contribution >= 0.6 is 11.3 Å². The van der Waals surface area contributed by atoms with E-state index >= 15 is 0 Å². The van der Waals surface area contributed by atoms with E-state index in [0.717, 1.165) is 62.1 Å². The van der Waals surface area contributed by atoms with Crippen LogP contribution in [0.25, 0.3) is 0 Å². The van der Waals surface area contributed by atoms with E-state index < -0.39 is 0 Å². The summed E-state index contributed by atoms with van der Waals surface area (Å²) < 4.78 is 5.32. The average Bonchev–Trinajstić information content (AvgIpc) is 3.22. The maximum absolute atomic E-state index is 12.9. The van der Waals surface area contributed by atoms with Gasteiger partial charge in [-0.05, 0) is 36.6 Å². The standard InChI is InChI=1S/C19H24N4O2S/c1-25-16-4-5-17-15(13-16)3-2-7-23(17)18(24)14-21-8-10-22(11-9-21)19-20-6-12-26-19/h4-6,12-13H,2-3,7-11,14H2,1H3. The van der Waals surface area contributed by atoms with Crippen LogP contribution < -0.4 is 14.5 Å². The number of hydrogen-bond acceptors (Lipinski definition) is 6. The first-order valence-electron chi connectivity index (χ1n) is 9.08. The number of rotatable bonds is 4. The van der Waals surface area contributed by atoms with Crippen LogP contribution in [0.15, 0.2) is 29.8 Å². The van der Waals surface area contributed by atoms with Crippen molar-refractivity contribution in [2.45, 2.75) is 12.8 Å². The number of carbonyl (C=O) groups is 1. The van der Waals surface area contributed by atoms with Crippen LogP contribution in [0.1, 0.15) is 12.0 Å². The highest BCUT2D eigenvalue weighted by molar-refractivity contribution is 7.13. The molecule has 0 spiro atoms. The lowest BCUT2D eigenvalue weighted by molar-refractivity contribution is -0.119. The Morgan fingerprint density at radius 1 is 1.23 bits per heavy atom. The zero-order valence-electron chi connectivity index (χ0n) is 15.1. The van der Waals surface area contributed by atoms with Crippen molar-refractivity contribution in [3.05, 3.63) is 35.3 Å². The van der Waals surface area contributed by atoms with Gasteiger partial charge >= 0.3 is 0 Å². The molecule has 26 heavy (non-hydrogen) atoms. The number of benzene rings is 1. The molecule has 0 radical (unpaired) electrons. The summed E-state index contributed by atoms with van der Waals surface area (Å²) in [4.78, 5) is 23.8. The van der Waals surface area contributed by atoms with Crippen LogP contribution in [0.3, 0.4) is 0 Å². The molecule has 138 valence electrons. The Kier molecular flexibility index (Phi) is 5.08. The largest absolute Gasteiger partial charge is 0.497 e. The van der Waals surface area contributed by atoms with Crippen molar-refractivity contribution in [3.8, 4) is 5.75 Å². The summed E-state index contributed by atoms with van der Waals surface area (Å²) in [7, 11) is 1.68. The van der Waals surface area contributed by atoms with Crippen molar-refractivity contribution in [1.82, 2.24) is 9.88 Å². The number of thiazole rings is 1. The second-order valence-electron chi connectivity index (χ2n) is 6.72. The third-order valence-corrected chi connectivity index (χ3v) is 5.96. The zero-order chi connectivity index (χ0) is 17.9. The Balaban J connectivity index is 1.37. The smallest absolute Gasteiger partial charge is 0.241 e. The Morgan fingerprint density at radius 2 is 2.08 bits per heavy atom. The molecule has 1 fully saturated rings. The first-order chi connectivity index (χ1) is 12.7. The summed E-state index contributed by atoms with van der Waals surface area (Å²) >= 11 is 1.67. The first-order valence-corrected chi connectivity index (χ1v) is 9.96. The number of aromatic nitrogens is 1. The number of nitrogens with zero attached hydrogens (tertiary/aromatic N) is 4. The Labute approximate surface area is 158 Å². The third kappa shape index (κ3) is 3.54. The second kappa shape index (κ2) is 7.63. The van der Waals surface area contributed by atoms with E-state index in [2.05, 4.69) is 20.9 Å². The van der Waals surface area contributed by atoms with Gasteiger partial charge in [0.15, 0.2) is 5.13 Å². The molecule has 1 aromatic heterocycles. The molecule has 3 heterocycles. The molecule has 2 aliphatic heterocycles. The highest BCUT2D eigenvalue weighted by Crippen LogP contribution is 2.30. The molecule has 2 aromatic rings. The number of methoxy groups -OCH3 is 1. The van der Waals surface area contributed by atoms with Crippen molar-refractivity contribution in [1.29, 1.82) is 0 Å². The quantitative estimate of drug-likeness (QED) is 0.824. The molecular weight excluding hydrogens is 348 g/mol. The van der Waals surface area contributed by atoms with Gasteiger partial charge in [0.05, 0.1) is 13.7 Å². The molecule has 0 saturated carbocycles. The van der Waals surface area contributed by atoms with Crippen LogP contribution in [0.2, 0.25) is 0 Å². The summed E-state index contributed by atoms with van der Waals surface area (Å²) in [5.41, 5.74) is 2.25. The van der Waals surface area contributed by atoms with Gasteiger partial charge in [-0.3, -0.25) is 9.69 Å². The summed E-state index contributed by atoms with van der Waals surface area (Å²) in [5, 5.41) is 3.09. The van der Waals surface area contributed by atoms with Crippen molar-refractivity contribution in [2.24, 2.45) is 0 Å². The predicted molar refractivity (Wildman–Crippen MR) is 104 cm³/mol. The van der Waals surface area contributed by atoms with Crippen molar-refractivity contribution >= 4 is 28.1 Å². The third-order valence-electron chi connectivity index (χ3n) is 5.13. The van der Waals surface area contributed by atoms with Crippen LogP contribution in [0.5, 0.6) is 5.75 Å². The fraction of sp³-hybridized carbons (Fsp3) is 0.474. The fourth-order valence-corrected chi connectivity index (χ4v) is 4.40. The maximum Gasteiger partial charge on any atom is 0.241 e. The molecule has 6 nitrogen and oxygen atoms in total. The topological polar surface area (TPSA) is 48.9 Å². The molecule has 1 aromatic carbocycles. The minimum absolute atomic E-state index is 0.193. The van der Waals surface area contributed by atoms with Gasteiger partial charge in [0.25, 0.3) is 0 Å².